The largest absolute Gasteiger partial charge is 0.493 e. The molecular formula is C22H22N2O10. The van der Waals surface area contributed by atoms with Gasteiger partial charge >= 0.3 is 18.0 Å². The minimum Gasteiger partial charge on any atom is -0.493 e. The molecule has 1 aliphatic rings. The van der Waals surface area contributed by atoms with E-state index in [2.05, 4.69) is 14.8 Å². The zero-order chi connectivity index (χ0) is 24.8. The minimum atomic E-state index is -0.675. The van der Waals surface area contributed by atoms with Crippen molar-refractivity contribution in [1.82, 2.24) is 10.2 Å². The van der Waals surface area contributed by atoms with Crippen LogP contribution >= 0.6 is 0 Å². The van der Waals surface area contributed by atoms with Crippen LogP contribution < -0.4 is 19.5 Å². The lowest BCUT2D eigenvalue weighted by atomic mass is 10.1. The van der Waals surface area contributed by atoms with Gasteiger partial charge in [0.1, 0.15) is 11.5 Å². The topological polar surface area (TPSA) is 143 Å². The summed E-state index contributed by atoms with van der Waals surface area (Å²) in [6, 6.07) is 5.28. The van der Waals surface area contributed by atoms with Crippen LogP contribution in [0.3, 0.4) is 0 Å². The van der Waals surface area contributed by atoms with Crippen LogP contribution in [0.1, 0.15) is 21.9 Å². The Morgan fingerprint density at radius 3 is 2.29 bits per heavy atom. The first-order valence-electron chi connectivity index (χ1n) is 9.78. The van der Waals surface area contributed by atoms with Gasteiger partial charge in [0.15, 0.2) is 18.1 Å². The molecule has 12 heteroatoms. The van der Waals surface area contributed by atoms with Gasteiger partial charge in [-0.25, -0.2) is 14.4 Å². The van der Waals surface area contributed by atoms with Crippen LogP contribution in [0.5, 0.6) is 17.2 Å². The Hall–Kier alpha value is -4.48. The Bertz CT molecular complexity index is 1130. The van der Waals surface area contributed by atoms with E-state index in [1.165, 1.54) is 46.6 Å². The summed E-state index contributed by atoms with van der Waals surface area (Å²) in [4.78, 5) is 49.0. The second kappa shape index (κ2) is 10.4. The van der Waals surface area contributed by atoms with Crippen LogP contribution in [0.15, 0.2) is 34.4 Å². The van der Waals surface area contributed by atoms with Gasteiger partial charge in [-0.3, -0.25) is 9.69 Å². The molecule has 1 fully saturated rings. The molecule has 0 aliphatic carbocycles. The lowest BCUT2D eigenvalue weighted by Gasteiger charge is -2.15. The SMILES string of the molecule is COC(=O)COc1c(OC)cc(C=C2NC(=O)N(Cc3ccc(C(=O)OC)o3)C2=O)cc1OC. The maximum Gasteiger partial charge on any atom is 0.373 e. The number of amides is 3. The van der Waals surface area contributed by atoms with Crippen molar-refractivity contribution in [1.29, 1.82) is 0 Å². The number of urea groups is 1. The highest BCUT2D eigenvalue weighted by atomic mass is 16.6. The first-order valence-corrected chi connectivity index (χ1v) is 9.78. The van der Waals surface area contributed by atoms with Crippen molar-refractivity contribution < 1.29 is 47.3 Å². The van der Waals surface area contributed by atoms with E-state index in [9.17, 15) is 19.2 Å². The Balaban J connectivity index is 1.83. The molecule has 2 aromatic rings. The molecule has 0 bridgehead atoms. The molecule has 12 nitrogen and oxygen atoms in total. The highest BCUT2D eigenvalue weighted by Crippen LogP contribution is 2.39. The molecule has 180 valence electrons. The number of carbonyl (C=O) groups is 4. The van der Waals surface area contributed by atoms with E-state index in [0.29, 0.717) is 5.56 Å². The average molecular weight is 474 g/mol. The average Bonchev–Trinajstić information content (AvgIpc) is 3.42. The summed E-state index contributed by atoms with van der Waals surface area (Å²) in [5.74, 6) is -1.07. The number of imide groups is 1. The van der Waals surface area contributed by atoms with Gasteiger partial charge in [0, 0.05) is 0 Å². The lowest BCUT2D eigenvalue weighted by molar-refractivity contribution is -0.143. The van der Waals surface area contributed by atoms with Gasteiger partial charge in [0.25, 0.3) is 5.91 Å². The van der Waals surface area contributed by atoms with Gasteiger partial charge in [-0.2, -0.15) is 0 Å². The predicted octanol–water partition coefficient (Wildman–Crippen LogP) is 1.73. The number of hydrogen-bond donors (Lipinski definition) is 1. The fourth-order valence-electron chi connectivity index (χ4n) is 3.03. The first-order chi connectivity index (χ1) is 16.3. The van der Waals surface area contributed by atoms with Crippen LogP contribution in [0.25, 0.3) is 6.08 Å². The van der Waals surface area contributed by atoms with Gasteiger partial charge < -0.3 is 33.4 Å². The van der Waals surface area contributed by atoms with Gasteiger partial charge in [0.05, 0.1) is 35.0 Å². The molecule has 0 atom stereocenters. The number of methoxy groups -OCH3 is 4. The van der Waals surface area contributed by atoms with E-state index in [-0.39, 0.29) is 47.6 Å². The molecule has 2 heterocycles. The van der Waals surface area contributed by atoms with Crippen LogP contribution in [0.2, 0.25) is 0 Å². The van der Waals surface area contributed by atoms with Crippen LogP contribution in [0, 0.1) is 0 Å². The number of rotatable bonds is 9. The molecule has 0 radical (unpaired) electrons. The van der Waals surface area contributed by atoms with Crippen molar-refractivity contribution in [2.75, 3.05) is 35.0 Å². The van der Waals surface area contributed by atoms with Crippen molar-refractivity contribution in [3.8, 4) is 17.2 Å². The summed E-state index contributed by atoms with van der Waals surface area (Å²) >= 11 is 0. The van der Waals surface area contributed by atoms with E-state index in [4.69, 9.17) is 18.6 Å². The number of nitrogens with zero attached hydrogens (tertiary/aromatic N) is 1. The third-order valence-corrected chi connectivity index (χ3v) is 4.68. The fraction of sp³-hybridized carbons (Fsp3) is 0.273. The van der Waals surface area contributed by atoms with Gasteiger partial charge in [-0.1, -0.05) is 0 Å². The normalized spacial score (nSPS) is 14.1. The van der Waals surface area contributed by atoms with E-state index in [1.807, 2.05) is 0 Å². The van der Waals surface area contributed by atoms with Crippen molar-refractivity contribution in [2.24, 2.45) is 0 Å². The highest BCUT2D eigenvalue weighted by Gasteiger charge is 2.34. The second-order valence-electron chi connectivity index (χ2n) is 6.76. The number of hydrogen-bond acceptors (Lipinski definition) is 10. The highest BCUT2D eigenvalue weighted by molar-refractivity contribution is 6.13. The molecule has 1 aromatic heterocycles. The molecule has 1 aromatic carbocycles. The number of carbonyl (C=O) groups excluding carboxylic acids is 4. The molecule has 34 heavy (non-hydrogen) atoms. The van der Waals surface area contributed by atoms with Crippen LogP contribution in [0.4, 0.5) is 4.79 Å². The molecule has 1 saturated heterocycles. The van der Waals surface area contributed by atoms with E-state index in [0.717, 1.165) is 4.90 Å². The first kappa shape index (κ1) is 24.2. The number of esters is 2. The van der Waals surface area contributed by atoms with Crippen molar-refractivity contribution in [3.63, 3.8) is 0 Å². The van der Waals surface area contributed by atoms with E-state index < -0.39 is 23.9 Å². The molecule has 3 rings (SSSR count). The monoisotopic (exact) mass is 474 g/mol. The molecule has 1 N–H and O–H groups in total. The van der Waals surface area contributed by atoms with Crippen LogP contribution in [-0.2, 0) is 25.6 Å². The lowest BCUT2D eigenvalue weighted by Crippen LogP contribution is -2.30. The molecule has 3 amide bonds. The summed E-state index contributed by atoms with van der Waals surface area (Å²) < 4.78 is 30.5. The van der Waals surface area contributed by atoms with Gasteiger partial charge in [-0.15, -0.1) is 0 Å². The fourth-order valence-corrected chi connectivity index (χ4v) is 3.03. The zero-order valence-corrected chi connectivity index (χ0v) is 18.8. The van der Waals surface area contributed by atoms with E-state index in [1.54, 1.807) is 12.1 Å². The third kappa shape index (κ3) is 5.11. The third-order valence-electron chi connectivity index (χ3n) is 4.68. The molecule has 0 saturated carbocycles. The number of benzene rings is 1. The van der Waals surface area contributed by atoms with Crippen molar-refractivity contribution in [3.05, 3.63) is 47.0 Å². The summed E-state index contributed by atoms with van der Waals surface area (Å²) in [7, 11) is 5.23. The Morgan fingerprint density at radius 2 is 1.71 bits per heavy atom. The van der Waals surface area contributed by atoms with Crippen LogP contribution in [-0.4, -0.2) is 63.8 Å². The Kier molecular flexibility index (Phi) is 7.41. The second-order valence-corrected chi connectivity index (χ2v) is 6.76. The summed E-state index contributed by atoms with van der Waals surface area (Å²) in [6.07, 6.45) is 1.43. The molecule has 1 aliphatic heterocycles. The minimum absolute atomic E-state index is 0.00270. The standard InChI is InChI=1S/C22H22N2O10/c1-29-16-8-12(9-17(30-2)19(16)33-11-18(25)31-3)7-14-20(26)24(22(28)23-14)10-13-5-6-15(34-13)21(27)32-4/h5-9H,10-11H2,1-4H3,(H,23,28). The Labute approximate surface area is 193 Å². The number of nitrogens with one attached hydrogen (secondary N) is 1. The summed E-state index contributed by atoms with van der Waals surface area (Å²) in [6.45, 7) is -0.552. The Morgan fingerprint density at radius 1 is 1.03 bits per heavy atom. The molecule has 0 unspecified atom stereocenters. The smallest absolute Gasteiger partial charge is 0.373 e. The van der Waals surface area contributed by atoms with Crippen molar-refractivity contribution >= 4 is 30.0 Å². The summed E-state index contributed by atoms with van der Waals surface area (Å²) in [5.41, 5.74) is 0.452. The maximum absolute atomic E-state index is 12.8. The quantitative estimate of drug-likeness (QED) is 0.324. The number of ether oxygens (including phenoxy) is 5. The maximum atomic E-state index is 12.8. The number of furan rings is 1. The predicted molar refractivity (Wildman–Crippen MR) is 114 cm³/mol. The van der Waals surface area contributed by atoms with Gasteiger partial charge in [0.2, 0.25) is 11.5 Å². The van der Waals surface area contributed by atoms with E-state index >= 15 is 0 Å². The molecular weight excluding hydrogens is 452 g/mol. The van der Waals surface area contributed by atoms with Crippen molar-refractivity contribution in [2.45, 2.75) is 6.54 Å². The molecule has 0 spiro atoms. The summed E-state index contributed by atoms with van der Waals surface area (Å²) in [5, 5.41) is 2.49. The van der Waals surface area contributed by atoms with Gasteiger partial charge in [-0.05, 0) is 35.9 Å². The zero-order valence-electron chi connectivity index (χ0n) is 18.8.